The predicted octanol–water partition coefficient (Wildman–Crippen LogP) is 1.24. The first-order valence-electron chi connectivity index (χ1n) is 9.24. The zero-order valence-electron chi connectivity index (χ0n) is 16.3. The number of hydrogen-bond acceptors (Lipinski definition) is 6. The van der Waals surface area contributed by atoms with Gasteiger partial charge in [0.2, 0.25) is 27.7 Å². The highest BCUT2D eigenvalue weighted by Gasteiger charge is 2.31. The summed E-state index contributed by atoms with van der Waals surface area (Å²) in [7, 11) is -3.91. The van der Waals surface area contributed by atoms with Gasteiger partial charge in [-0.3, -0.25) is 9.59 Å². The highest BCUT2D eigenvalue weighted by atomic mass is 35.5. The molecule has 0 saturated carbocycles. The number of sulfonamides is 1. The number of carbonyl (C=O) groups is 2. The van der Waals surface area contributed by atoms with Crippen LogP contribution in [0.25, 0.3) is 10.8 Å². The number of pyridine rings is 1. The Labute approximate surface area is 183 Å². The molecule has 31 heavy (non-hydrogen) atoms. The number of piperazine rings is 1. The summed E-state index contributed by atoms with van der Waals surface area (Å²) < 4.78 is 45.7. The van der Waals surface area contributed by atoms with E-state index in [1.807, 2.05) is 0 Å². The molecule has 2 aromatic rings. The summed E-state index contributed by atoms with van der Waals surface area (Å²) in [6.45, 7) is 3.65. The maximum absolute atomic E-state index is 13.3. The summed E-state index contributed by atoms with van der Waals surface area (Å²) in [5, 5.41) is 3.02. The molecule has 1 aromatic heterocycles. The summed E-state index contributed by atoms with van der Waals surface area (Å²) in [6.07, 6.45) is 2.37. The molecule has 9 nitrogen and oxygen atoms in total. The van der Waals surface area contributed by atoms with Crippen LogP contribution in [0.2, 0.25) is 0 Å². The van der Waals surface area contributed by atoms with Gasteiger partial charge in [-0.1, -0.05) is 12.6 Å². The molecule has 0 spiro atoms. The zero-order chi connectivity index (χ0) is 22.6. The molecule has 1 fully saturated rings. The van der Waals surface area contributed by atoms with Crippen LogP contribution in [0.1, 0.15) is 0 Å². The molecule has 1 aromatic carbocycles. The van der Waals surface area contributed by atoms with Crippen molar-refractivity contribution in [1.82, 2.24) is 19.5 Å². The maximum atomic E-state index is 13.3. The number of rotatable bonds is 7. The van der Waals surface area contributed by atoms with Crippen LogP contribution in [0, 0.1) is 0 Å². The minimum atomic E-state index is -3.91. The van der Waals surface area contributed by atoms with Crippen LogP contribution in [0.4, 0.5) is 4.39 Å². The summed E-state index contributed by atoms with van der Waals surface area (Å²) >= 11 is 5.24. The maximum Gasteiger partial charge on any atom is 0.317 e. The average molecular weight is 471 g/mol. The van der Waals surface area contributed by atoms with Gasteiger partial charge in [0.25, 0.3) is 0 Å². The molecule has 2 amide bonds. The average Bonchev–Trinajstić information content (AvgIpc) is 2.76. The monoisotopic (exact) mass is 470 g/mol. The highest BCUT2D eigenvalue weighted by molar-refractivity contribution is 7.89. The third-order valence-electron chi connectivity index (χ3n) is 4.74. The summed E-state index contributed by atoms with van der Waals surface area (Å²) in [4.78, 5) is 28.8. The molecule has 1 aliphatic heterocycles. The Morgan fingerprint density at radius 3 is 2.61 bits per heavy atom. The summed E-state index contributed by atoms with van der Waals surface area (Å²) in [5.74, 6) is -3.02. The van der Waals surface area contributed by atoms with Crippen molar-refractivity contribution in [3.63, 3.8) is 0 Å². The first kappa shape index (κ1) is 22.9. The predicted molar refractivity (Wildman–Crippen MR) is 112 cm³/mol. The Bertz CT molecular complexity index is 1100. The van der Waals surface area contributed by atoms with E-state index in [9.17, 15) is 22.4 Å². The molecular formula is C19H20ClFN4O5S. The van der Waals surface area contributed by atoms with E-state index < -0.39 is 21.7 Å². The Morgan fingerprint density at radius 2 is 1.97 bits per heavy atom. The van der Waals surface area contributed by atoms with Crippen LogP contribution < -0.4 is 10.1 Å². The van der Waals surface area contributed by atoms with Crippen molar-refractivity contribution in [1.29, 1.82) is 0 Å². The largest absolute Gasteiger partial charge is 0.429 e. The van der Waals surface area contributed by atoms with Gasteiger partial charge in [-0.2, -0.15) is 8.70 Å². The fourth-order valence-electron chi connectivity index (χ4n) is 3.22. The third-order valence-corrected chi connectivity index (χ3v) is 6.78. The van der Waals surface area contributed by atoms with E-state index in [2.05, 4.69) is 16.9 Å². The number of nitrogens with zero attached hydrogens (tertiary/aromatic N) is 3. The lowest BCUT2D eigenvalue weighted by molar-refractivity contribution is -0.133. The van der Waals surface area contributed by atoms with E-state index in [0.29, 0.717) is 10.8 Å². The van der Waals surface area contributed by atoms with Crippen LogP contribution in [0.5, 0.6) is 5.88 Å². The number of amides is 2. The van der Waals surface area contributed by atoms with Crippen LogP contribution in [0.3, 0.4) is 0 Å². The second-order valence-corrected chi connectivity index (χ2v) is 8.80. The molecule has 0 aliphatic carbocycles. The molecule has 1 saturated heterocycles. The zero-order valence-corrected chi connectivity index (χ0v) is 17.9. The number of aromatic nitrogens is 1. The van der Waals surface area contributed by atoms with Gasteiger partial charge in [0.15, 0.2) is 0 Å². The molecule has 1 aliphatic rings. The number of halogens is 2. The lowest BCUT2D eigenvalue weighted by atomic mass is 10.2. The standard InChI is InChI=1S/C19H20ClFN4O5S/c1-2-16(26)23-12-17(27)24-8-10-25(11-9-24)31(28,29)15-5-3-4-14-13(15)6-7-22-18(14)30-19(20)21/h2-7,19H,1,8-12H2,(H,23,26). The molecule has 1 atom stereocenters. The fourth-order valence-corrected chi connectivity index (χ4v) is 4.93. The summed E-state index contributed by atoms with van der Waals surface area (Å²) in [5.41, 5.74) is 0. The van der Waals surface area contributed by atoms with E-state index in [1.54, 1.807) is 6.07 Å². The number of nitrogens with one attached hydrogen (secondary N) is 1. The van der Waals surface area contributed by atoms with Crippen molar-refractivity contribution in [2.75, 3.05) is 32.7 Å². The van der Waals surface area contributed by atoms with E-state index >= 15 is 0 Å². The molecule has 1 unspecified atom stereocenters. The first-order chi connectivity index (χ1) is 14.7. The van der Waals surface area contributed by atoms with Crippen LogP contribution in [-0.2, 0) is 19.6 Å². The van der Waals surface area contributed by atoms with Gasteiger partial charge in [0.05, 0.1) is 11.4 Å². The number of benzene rings is 1. The van der Waals surface area contributed by atoms with E-state index in [0.717, 1.165) is 6.08 Å². The van der Waals surface area contributed by atoms with Gasteiger partial charge in [0.1, 0.15) is 0 Å². The van der Waals surface area contributed by atoms with Crippen LogP contribution >= 0.6 is 11.6 Å². The van der Waals surface area contributed by atoms with Gasteiger partial charge in [-0.25, -0.2) is 13.4 Å². The number of carbonyl (C=O) groups excluding carboxylic acids is 2. The first-order valence-corrected chi connectivity index (χ1v) is 11.1. The van der Waals surface area contributed by atoms with Crippen molar-refractivity contribution in [2.45, 2.75) is 10.7 Å². The van der Waals surface area contributed by atoms with Crippen molar-refractivity contribution < 1.29 is 27.1 Å². The molecule has 1 N–H and O–H groups in total. The lowest BCUT2D eigenvalue weighted by Gasteiger charge is -2.34. The minimum Gasteiger partial charge on any atom is -0.429 e. The molecule has 166 valence electrons. The quantitative estimate of drug-likeness (QED) is 0.481. The number of fused-ring (bicyclic) bond motifs is 1. The number of hydrogen-bond donors (Lipinski definition) is 1. The van der Waals surface area contributed by atoms with Gasteiger partial charge >= 0.3 is 5.82 Å². The lowest BCUT2D eigenvalue weighted by Crippen LogP contribution is -2.52. The van der Waals surface area contributed by atoms with Gasteiger partial charge in [0, 0.05) is 43.1 Å². The van der Waals surface area contributed by atoms with Gasteiger partial charge < -0.3 is 15.0 Å². The normalized spacial score (nSPS) is 16.0. The Kier molecular flexibility index (Phi) is 7.08. The van der Waals surface area contributed by atoms with E-state index in [-0.39, 0.29) is 49.4 Å². The van der Waals surface area contributed by atoms with E-state index in [1.165, 1.54) is 33.6 Å². The molecule has 12 heteroatoms. The van der Waals surface area contributed by atoms with Gasteiger partial charge in [-0.15, -0.1) is 0 Å². The number of ether oxygens (including phenoxy) is 1. The molecule has 0 bridgehead atoms. The van der Waals surface area contributed by atoms with Crippen molar-refractivity contribution in [2.24, 2.45) is 0 Å². The van der Waals surface area contributed by atoms with Gasteiger partial charge in [-0.05, 0) is 35.9 Å². The minimum absolute atomic E-state index is 0.0141. The SMILES string of the molecule is C=CC(=O)NCC(=O)N1CCN(S(=O)(=O)c2cccc3c(OC(F)Cl)nccc23)CC1. The van der Waals surface area contributed by atoms with Crippen molar-refractivity contribution >= 4 is 44.2 Å². The third kappa shape index (κ3) is 5.12. The second-order valence-electron chi connectivity index (χ2n) is 6.55. The second kappa shape index (κ2) is 9.58. The summed E-state index contributed by atoms with van der Waals surface area (Å²) in [6, 6.07) is 6.01. The Morgan fingerprint density at radius 1 is 1.26 bits per heavy atom. The van der Waals surface area contributed by atoms with Crippen LogP contribution in [-0.4, -0.2) is 73.0 Å². The van der Waals surface area contributed by atoms with Crippen molar-refractivity contribution in [3.05, 3.63) is 43.1 Å². The van der Waals surface area contributed by atoms with Crippen molar-refractivity contribution in [3.8, 4) is 5.88 Å². The number of alkyl halides is 2. The Balaban J connectivity index is 1.77. The molecule has 0 radical (unpaired) electrons. The molecule has 2 heterocycles. The molecule has 3 rings (SSSR count). The smallest absolute Gasteiger partial charge is 0.317 e. The fraction of sp³-hybridized carbons (Fsp3) is 0.316. The molecular weight excluding hydrogens is 451 g/mol. The topological polar surface area (TPSA) is 109 Å². The highest BCUT2D eigenvalue weighted by Crippen LogP contribution is 2.31. The van der Waals surface area contributed by atoms with E-state index in [4.69, 9.17) is 16.3 Å². The Hall–Kier alpha value is -2.76. The van der Waals surface area contributed by atoms with Crippen LogP contribution in [0.15, 0.2) is 48.0 Å².